The van der Waals surface area contributed by atoms with E-state index in [9.17, 15) is 9.90 Å². The lowest BCUT2D eigenvalue weighted by Crippen LogP contribution is -2.51. The summed E-state index contributed by atoms with van der Waals surface area (Å²) in [7, 11) is 0. The van der Waals surface area contributed by atoms with Gasteiger partial charge in [-0.05, 0) is 57.5 Å². The van der Waals surface area contributed by atoms with Crippen molar-refractivity contribution in [2.24, 2.45) is 5.92 Å². The number of carboxylic acid groups (broad SMARTS) is 1. The number of rotatable bonds is 4. The molecule has 3 atom stereocenters. The highest BCUT2D eigenvalue weighted by Gasteiger charge is 2.39. The highest BCUT2D eigenvalue weighted by molar-refractivity contribution is 5.74. The van der Waals surface area contributed by atoms with E-state index in [0.717, 1.165) is 38.3 Å². The van der Waals surface area contributed by atoms with Crippen LogP contribution in [0.25, 0.3) is 0 Å². The van der Waals surface area contributed by atoms with Gasteiger partial charge in [-0.1, -0.05) is 0 Å². The van der Waals surface area contributed by atoms with E-state index in [-0.39, 0.29) is 6.04 Å². The number of hydrogen-bond donors (Lipinski definition) is 2. The Morgan fingerprint density at radius 3 is 2.76 bits per heavy atom. The largest absolute Gasteiger partial charge is 0.480 e. The smallest absolute Gasteiger partial charge is 0.320 e. The molecular weight excluding hydrogens is 216 g/mol. The number of carbonyl (C=O) groups is 1. The van der Waals surface area contributed by atoms with Crippen molar-refractivity contribution in [1.82, 2.24) is 10.2 Å². The van der Waals surface area contributed by atoms with Gasteiger partial charge in [-0.3, -0.25) is 4.79 Å². The summed E-state index contributed by atoms with van der Waals surface area (Å²) in [6.45, 7) is 2.40. The summed E-state index contributed by atoms with van der Waals surface area (Å²) in [6.07, 6.45) is 7.07. The second-order valence-electron chi connectivity index (χ2n) is 5.87. The number of carboxylic acids is 1. The van der Waals surface area contributed by atoms with Crippen LogP contribution in [0.3, 0.4) is 0 Å². The molecule has 2 heterocycles. The number of hydrogen-bond acceptors (Lipinski definition) is 3. The molecule has 0 aromatic carbocycles. The average Bonchev–Trinajstić information content (AvgIpc) is 3.03. The maximum Gasteiger partial charge on any atom is 0.320 e. The lowest BCUT2D eigenvalue weighted by Gasteiger charge is -2.36. The van der Waals surface area contributed by atoms with E-state index in [4.69, 9.17) is 0 Å². The van der Waals surface area contributed by atoms with Crippen LogP contribution in [0.1, 0.15) is 38.5 Å². The van der Waals surface area contributed by atoms with Crippen LogP contribution in [0.5, 0.6) is 0 Å². The first-order valence-electron chi connectivity index (χ1n) is 6.97. The van der Waals surface area contributed by atoms with Crippen molar-refractivity contribution < 1.29 is 9.90 Å². The van der Waals surface area contributed by atoms with Gasteiger partial charge in [-0.15, -0.1) is 0 Å². The van der Waals surface area contributed by atoms with Crippen molar-refractivity contribution in [1.29, 1.82) is 0 Å². The van der Waals surface area contributed by atoms with E-state index in [2.05, 4.69) is 10.2 Å². The van der Waals surface area contributed by atoms with E-state index in [1.165, 1.54) is 19.4 Å². The monoisotopic (exact) mass is 238 g/mol. The topological polar surface area (TPSA) is 52.6 Å². The molecule has 4 heteroatoms. The lowest BCUT2D eigenvalue weighted by molar-refractivity contribution is -0.140. The molecule has 0 spiro atoms. The zero-order valence-electron chi connectivity index (χ0n) is 10.3. The normalized spacial score (nSPS) is 35.5. The molecule has 0 amide bonds. The second-order valence-corrected chi connectivity index (χ2v) is 5.87. The maximum atomic E-state index is 11.2. The van der Waals surface area contributed by atoms with Crippen LogP contribution in [0.4, 0.5) is 0 Å². The molecule has 0 aromatic rings. The van der Waals surface area contributed by atoms with Gasteiger partial charge in [-0.25, -0.2) is 0 Å². The molecule has 2 saturated heterocycles. The van der Waals surface area contributed by atoms with Gasteiger partial charge in [0.2, 0.25) is 0 Å². The molecule has 3 aliphatic rings. The Hall–Kier alpha value is -0.610. The third kappa shape index (κ3) is 2.47. The minimum absolute atomic E-state index is 0.284. The van der Waals surface area contributed by atoms with Crippen LogP contribution in [0.15, 0.2) is 0 Å². The van der Waals surface area contributed by atoms with E-state index in [1.807, 2.05) is 0 Å². The molecule has 0 aromatic heterocycles. The highest BCUT2D eigenvalue weighted by atomic mass is 16.4. The van der Waals surface area contributed by atoms with Crippen LogP contribution in [-0.4, -0.2) is 47.2 Å². The molecule has 1 aliphatic carbocycles. The van der Waals surface area contributed by atoms with Crippen molar-refractivity contribution in [3.05, 3.63) is 0 Å². The fourth-order valence-corrected chi connectivity index (χ4v) is 3.47. The first-order valence-corrected chi connectivity index (χ1v) is 6.97. The van der Waals surface area contributed by atoms with Crippen LogP contribution < -0.4 is 5.32 Å². The van der Waals surface area contributed by atoms with Gasteiger partial charge in [0.1, 0.15) is 6.04 Å². The van der Waals surface area contributed by atoms with Gasteiger partial charge in [0.25, 0.3) is 0 Å². The Kier molecular flexibility index (Phi) is 3.09. The third-order valence-electron chi connectivity index (χ3n) is 4.60. The van der Waals surface area contributed by atoms with Gasteiger partial charge < -0.3 is 15.3 Å². The van der Waals surface area contributed by atoms with E-state index >= 15 is 0 Å². The summed E-state index contributed by atoms with van der Waals surface area (Å²) in [5.74, 6) is -0.254. The molecule has 3 rings (SSSR count). The number of nitrogens with one attached hydrogen (secondary N) is 1. The van der Waals surface area contributed by atoms with Crippen molar-refractivity contribution >= 4 is 5.97 Å². The molecule has 0 bridgehead atoms. The molecule has 3 unspecified atom stereocenters. The second kappa shape index (κ2) is 4.58. The fraction of sp³-hybridized carbons (Fsp3) is 0.923. The minimum atomic E-state index is -0.652. The standard InChI is InChI=1S/C13H22N2O2/c16-13(17)12(9-3-4-9)14-10-5-7-15-6-1-2-11(15)8-10/h9-12,14H,1-8H2,(H,16,17). The summed E-state index contributed by atoms with van der Waals surface area (Å²) in [6, 6.07) is 0.860. The Labute approximate surface area is 102 Å². The molecule has 96 valence electrons. The summed E-state index contributed by atoms with van der Waals surface area (Å²) in [5, 5.41) is 12.6. The van der Waals surface area contributed by atoms with Crippen molar-refractivity contribution in [3.63, 3.8) is 0 Å². The van der Waals surface area contributed by atoms with Crippen molar-refractivity contribution in [2.45, 2.75) is 56.7 Å². The molecule has 2 N–H and O–H groups in total. The van der Waals surface area contributed by atoms with Gasteiger partial charge in [0.05, 0.1) is 0 Å². The minimum Gasteiger partial charge on any atom is -0.480 e. The number of piperidine rings is 1. The molecular formula is C13H22N2O2. The number of nitrogens with zero attached hydrogens (tertiary/aromatic N) is 1. The molecule has 0 radical (unpaired) electrons. The van der Waals surface area contributed by atoms with Gasteiger partial charge in [-0.2, -0.15) is 0 Å². The third-order valence-corrected chi connectivity index (χ3v) is 4.60. The fourth-order valence-electron chi connectivity index (χ4n) is 3.47. The Bertz CT molecular complexity index is 304. The van der Waals surface area contributed by atoms with Gasteiger partial charge in [0, 0.05) is 12.1 Å². The zero-order chi connectivity index (χ0) is 11.8. The van der Waals surface area contributed by atoms with Gasteiger partial charge in [0.15, 0.2) is 0 Å². The van der Waals surface area contributed by atoms with Crippen LogP contribution in [-0.2, 0) is 4.79 Å². The maximum absolute atomic E-state index is 11.2. The molecule has 17 heavy (non-hydrogen) atoms. The van der Waals surface area contributed by atoms with Crippen LogP contribution in [0.2, 0.25) is 0 Å². The van der Waals surface area contributed by atoms with Crippen LogP contribution >= 0.6 is 0 Å². The van der Waals surface area contributed by atoms with Gasteiger partial charge >= 0.3 is 5.97 Å². The summed E-state index contributed by atoms with van der Waals surface area (Å²) in [4.78, 5) is 13.8. The number of fused-ring (bicyclic) bond motifs is 1. The predicted molar refractivity (Wildman–Crippen MR) is 64.9 cm³/mol. The van der Waals surface area contributed by atoms with Crippen LogP contribution in [0, 0.1) is 5.92 Å². The Balaban J connectivity index is 1.55. The molecule has 2 aliphatic heterocycles. The number of aliphatic carboxylic acids is 1. The predicted octanol–water partition coefficient (Wildman–Crippen LogP) is 1.07. The molecule has 4 nitrogen and oxygen atoms in total. The summed E-state index contributed by atoms with van der Waals surface area (Å²) < 4.78 is 0. The first-order chi connectivity index (χ1) is 8.24. The van der Waals surface area contributed by atoms with Crippen molar-refractivity contribution in [3.8, 4) is 0 Å². The molecule has 1 saturated carbocycles. The first kappa shape index (κ1) is 11.5. The Morgan fingerprint density at radius 2 is 2.06 bits per heavy atom. The quantitative estimate of drug-likeness (QED) is 0.769. The molecule has 3 fully saturated rings. The van der Waals surface area contributed by atoms with E-state index < -0.39 is 5.97 Å². The van der Waals surface area contributed by atoms with E-state index in [0.29, 0.717) is 12.0 Å². The average molecular weight is 238 g/mol. The highest BCUT2D eigenvalue weighted by Crippen LogP contribution is 2.34. The lowest BCUT2D eigenvalue weighted by atomic mass is 9.96. The zero-order valence-corrected chi connectivity index (χ0v) is 10.3. The van der Waals surface area contributed by atoms with E-state index in [1.54, 1.807) is 0 Å². The summed E-state index contributed by atoms with van der Waals surface area (Å²) >= 11 is 0. The summed E-state index contributed by atoms with van der Waals surface area (Å²) in [5.41, 5.74) is 0. The SMILES string of the molecule is O=C(O)C(NC1CCN2CCCC2C1)C1CC1. The Morgan fingerprint density at radius 1 is 1.24 bits per heavy atom. The van der Waals surface area contributed by atoms with Crippen molar-refractivity contribution in [2.75, 3.05) is 13.1 Å².